The molecule has 3 aromatic rings. The number of amides is 1. The Morgan fingerprint density at radius 3 is 3.05 bits per heavy atom. The molecule has 0 saturated carbocycles. The number of hydrogen-bond acceptors (Lipinski definition) is 3. The molecule has 6 nitrogen and oxygen atoms in total. The molecule has 6 heteroatoms. The number of nitrogens with zero attached hydrogens (tertiary/aromatic N) is 2. The molecule has 1 unspecified atom stereocenters. The van der Waals surface area contributed by atoms with Crippen LogP contribution in [0.4, 0.5) is 0 Å². The van der Waals surface area contributed by atoms with Crippen LogP contribution in [0.1, 0.15) is 22.2 Å². The number of para-hydroxylation sites is 1. The van der Waals surface area contributed by atoms with Crippen molar-refractivity contribution in [1.82, 2.24) is 20.1 Å². The van der Waals surface area contributed by atoms with Crippen molar-refractivity contribution in [2.45, 2.75) is 6.04 Å². The highest BCUT2D eigenvalue weighted by molar-refractivity contribution is 5.98. The van der Waals surface area contributed by atoms with Crippen LogP contribution < -0.4 is 0 Å². The molecule has 112 valence electrons. The van der Waals surface area contributed by atoms with E-state index >= 15 is 0 Å². The molecular formula is C16H16N4O2. The van der Waals surface area contributed by atoms with E-state index in [0.29, 0.717) is 25.5 Å². The molecule has 22 heavy (non-hydrogen) atoms. The second-order valence-corrected chi connectivity index (χ2v) is 5.37. The van der Waals surface area contributed by atoms with E-state index < -0.39 is 0 Å². The quantitative estimate of drug-likeness (QED) is 0.760. The van der Waals surface area contributed by atoms with Gasteiger partial charge in [-0.25, -0.2) is 0 Å². The first kappa shape index (κ1) is 13.1. The number of nitrogens with one attached hydrogen (secondary N) is 2. The zero-order chi connectivity index (χ0) is 14.9. The number of hydrogen-bond donors (Lipinski definition) is 2. The van der Waals surface area contributed by atoms with Crippen molar-refractivity contribution in [2.24, 2.45) is 0 Å². The maximum absolute atomic E-state index is 12.9. The van der Waals surface area contributed by atoms with Gasteiger partial charge in [0, 0.05) is 23.6 Å². The Bertz CT molecular complexity index is 760. The van der Waals surface area contributed by atoms with Gasteiger partial charge in [0.15, 0.2) is 0 Å². The lowest BCUT2D eigenvalue weighted by Gasteiger charge is -2.34. The third-order valence-corrected chi connectivity index (χ3v) is 4.03. The number of ether oxygens (including phenoxy) is 1. The summed E-state index contributed by atoms with van der Waals surface area (Å²) in [4.78, 5) is 17.9. The van der Waals surface area contributed by atoms with Gasteiger partial charge in [-0.1, -0.05) is 18.2 Å². The smallest absolute Gasteiger partial charge is 0.271 e. The summed E-state index contributed by atoms with van der Waals surface area (Å²) >= 11 is 0. The standard InChI is InChI=1S/C16H16N4O2/c21-16(14-9-11-3-1-2-4-12(11)18-14)20-7-8-22-10-15(20)13-5-6-17-19-13/h1-6,9,15,18H,7-8,10H2,(H,17,19). The van der Waals surface area contributed by atoms with E-state index in [1.165, 1.54) is 0 Å². The summed E-state index contributed by atoms with van der Waals surface area (Å²) in [5, 5.41) is 7.95. The number of fused-ring (bicyclic) bond motifs is 1. The lowest BCUT2D eigenvalue weighted by Crippen LogP contribution is -2.43. The summed E-state index contributed by atoms with van der Waals surface area (Å²) in [6.45, 7) is 1.60. The van der Waals surface area contributed by atoms with Gasteiger partial charge in [-0.15, -0.1) is 0 Å². The van der Waals surface area contributed by atoms with Crippen LogP contribution in [0, 0.1) is 0 Å². The molecule has 1 fully saturated rings. The lowest BCUT2D eigenvalue weighted by atomic mass is 10.1. The van der Waals surface area contributed by atoms with Crippen LogP contribution in [0.25, 0.3) is 10.9 Å². The molecule has 0 bridgehead atoms. The summed E-state index contributed by atoms with van der Waals surface area (Å²) < 4.78 is 5.53. The third kappa shape index (κ3) is 2.17. The zero-order valence-electron chi connectivity index (χ0n) is 12.0. The van der Waals surface area contributed by atoms with E-state index in [9.17, 15) is 4.79 Å². The van der Waals surface area contributed by atoms with Gasteiger partial charge in [-0.05, 0) is 18.2 Å². The number of aromatic nitrogens is 3. The molecule has 4 rings (SSSR count). The summed E-state index contributed by atoms with van der Waals surface area (Å²) in [5.41, 5.74) is 2.47. The van der Waals surface area contributed by atoms with Gasteiger partial charge >= 0.3 is 0 Å². The van der Waals surface area contributed by atoms with Gasteiger partial charge < -0.3 is 14.6 Å². The Morgan fingerprint density at radius 2 is 2.23 bits per heavy atom. The molecule has 0 spiro atoms. The average Bonchev–Trinajstić information content (AvgIpc) is 3.23. The molecule has 1 amide bonds. The van der Waals surface area contributed by atoms with Crippen molar-refractivity contribution in [3.63, 3.8) is 0 Å². The SMILES string of the molecule is O=C(c1cc2ccccc2[nH]1)N1CCOCC1c1ccn[nH]1. The molecule has 2 aromatic heterocycles. The van der Waals surface area contributed by atoms with Crippen molar-refractivity contribution >= 4 is 16.8 Å². The predicted octanol–water partition coefficient (Wildman–Crippen LogP) is 2.10. The Hall–Kier alpha value is -2.60. The van der Waals surface area contributed by atoms with E-state index in [0.717, 1.165) is 16.6 Å². The summed E-state index contributed by atoms with van der Waals surface area (Å²) in [6, 6.07) is 11.5. The number of benzene rings is 1. The van der Waals surface area contributed by atoms with Gasteiger partial charge in [0.2, 0.25) is 0 Å². The zero-order valence-corrected chi connectivity index (χ0v) is 12.0. The maximum Gasteiger partial charge on any atom is 0.271 e. The molecular weight excluding hydrogens is 280 g/mol. The van der Waals surface area contributed by atoms with Crippen LogP contribution in [-0.2, 0) is 4.74 Å². The van der Waals surface area contributed by atoms with E-state index in [1.807, 2.05) is 41.3 Å². The fraction of sp³-hybridized carbons (Fsp3) is 0.250. The summed E-state index contributed by atoms with van der Waals surface area (Å²) in [5.74, 6) is -0.0147. The molecule has 3 heterocycles. The van der Waals surface area contributed by atoms with Crippen LogP contribution in [0.5, 0.6) is 0 Å². The molecule has 1 aliphatic heterocycles. The monoisotopic (exact) mass is 296 g/mol. The maximum atomic E-state index is 12.9. The van der Waals surface area contributed by atoms with Gasteiger partial charge in [-0.3, -0.25) is 9.89 Å². The van der Waals surface area contributed by atoms with E-state index in [2.05, 4.69) is 15.2 Å². The number of carbonyl (C=O) groups is 1. The number of carbonyl (C=O) groups excluding carboxylic acids is 1. The molecule has 1 aromatic carbocycles. The van der Waals surface area contributed by atoms with Crippen LogP contribution in [-0.4, -0.2) is 45.7 Å². The third-order valence-electron chi connectivity index (χ3n) is 4.03. The minimum atomic E-state index is -0.129. The Labute approximate surface area is 127 Å². The second kappa shape index (κ2) is 5.31. The highest BCUT2D eigenvalue weighted by atomic mass is 16.5. The van der Waals surface area contributed by atoms with Crippen molar-refractivity contribution in [3.8, 4) is 0 Å². The lowest BCUT2D eigenvalue weighted by molar-refractivity contribution is -0.00416. The molecule has 1 aliphatic rings. The van der Waals surface area contributed by atoms with Crippen molar-refractivity contribution < 1.29 is 9.53 Å². The molecule has 2 N–H and O–H groups in total. The largest absolute Gasteiger partial charge is 0.377 e. The summed E-state index contributed by atoms with van der Waals surface area (Å²) in [6.07, 6.45) is 1.69. The van der Waals surface area contributed by atoms with Crippen molar-refractivity contribution in [2.75, 3.05) is 19.8 Å². The van der Waals surface area contributed by atoms with Crippen molar-refractivity contribution in [3.05, 3.63) is 54.0 Å². The molecule has 1 saturated heterocycles. The minimum Gasteiger partial charge on any atom is -0.377 e. The highest BCUT2D eigenvalue weighted by Crippen LogP contribution is 2.25. The van der Waals surface area contributed by atoms with Gasteiger partial charge in [-0.2, -0.15) is 5.10 Å². The first-order valence-electron chi connectivity index (χ1n) is 7.28. The second-order valence-electron chi connectivity index (χ2n) is 5.37. The number of H-pyrrole nitrogens is 2. The summed E-state index contributed by atoms with van der Waals surface area (Å²) in [7, 11) is 0. The van der Waals surface area contributed by atoms with Gasteiger partial charge in [0.05, 0.1) is 24.9 Å². The molecule has 1 atom stereocenters. The van der Waals surface area contributed by atoms with Crippen LogP contribution >= 0.6 is 0 Å². The average molecular weight is 296 g/mol. The predicted molar refractivity (Wildman–Crippen MR) is 81.5 cm³/mol. The fourth-order valence-electron chi connectivity index (χ4n) is 2.90. The highest BCUT2D eigenvalue weighted by Gasteiger charge is 2.30. The van der Waals surface area contributed by atoms with Crippen LogP contribution in [0.3, 0.4) is 0 Å². The fourth-order valence-corrected chi connectivity index (χ4v) is 2.90. The van der Waals surface area contributed by atoms with Gasteiger partial charge in [0.25, 0.3) is 5.91 Å². The van der Waals surface area contributed by atoms with Crippen LogP contribution in [0.15, 0.2) is 42.6 Å². The molecule has 0 aliphatic carbocycles. The first-order valence-corrected chi connectivity index (χ1v) is 7.28. The number of aromatic amines is 2. The Kier molecular flexibility index (Phi) is 3.16. The van der Waals surface area contributed by atoms with E-state index in [-0.39, 0.29) is 11.9 Å². The first-order chi connectivity index (χ1) is 10.8. The minimum absolute atomic E-state index is 0.0147. The molecule has 0 radical (unpaired) electrons. The Balaban J connectivity index is 1.67. The van der Waals surface area contributed by atoms with Gasteiger partial charge in [0.1, 0.15) is 5.69 Å². The number of rotatable bonds is 2. The number of morpholine rings is 1. The van der Waals surface area contributed by atoms with E-state index in [1.54, 1.807) is 6.20 Å². The van der Waals surface area contributed by atoms with E-state index in [4.69, 9.17) is 4.74 Å². The van der Waals surface area contributed by atoms with Crippen LogP contribution in [0.2, 0.25) is 0 Å². The van der Waals surface area contributed by atoms with Crippen molar-refractivity contribution in [1.29, 1.82) is 0 Å². The topological polar surface area (TPSA) is 74.0 Å². The Morgan fingerprint density at radius 1 is 1.32 bits per heavy atom. The normalized spacial score (nSPS) is 18.7.